The van der Waals surface area contributed by atoms with Gasteiger partial charge in [-0.05, 0) is 30.9 Å². The number of phenols is 1. The van der Waals surface area contributed by atoms with Crippen LogP contribution in [0.3, 0.4) is 0 Å². The first-order valence-electron chi connectivity index (χ1n) is 4.77. The van der Waals surface area contributed by atoms with Crippen LogP contribution >= 0.6 is 11.8 Å². The van der Waals surface area contributed by atoms with Crippen molar-refractivity contribution < 1.29 is 9.90 Å². The van der Waals surface area contributed by atoms with Gasteiger partial charge in [0.1, 0.15) is 5.75 Å². The van der Waals surface area contributed by atoms with Crippen LogP contribution in [0.15, 0.2) is 22.3 Å². The van der Waals surface area contributed by atoms with Crippen molar-refractivity contribution in [1.82, 2.24) is 0 Å². The average Bonchev–Trinajstić information content (AvgIpc) is 2.32. The summed E-state index contributed by atoms with van der Waals surface area (Å²) in [4.78, 5) is 10.7. The molecule has 0 aromatic heterocycles. The minimum absolute atomic E-state index is 0.104. The topological polar surface area (TPSA) is 88.0 Å². The van der Waals surface area contributed by atoms with Gasteiger partial charge in [0, 0.05) is 5.56 Å². The summed E-state index contributed by atoms with van der Waals surface area (Å²) in [5, 5.41) is 17.5. The maximum Gasteiger partial charge on any atom is 0.180 e. The third-order valence-corrected chi connectivity index (χ3v) is 2.50. The van der Waals surface area contributed by atoms with Crippen molar-refractivity contribution in [3.05, 3.63) is 28.8 Å². The number of thioether (sulfide) groups is 1. The summed E-state index contributed by atoms with van der Waals surface area (Å²) >= 11 is 1.27. The van der Waals surface area contributed by atoms with Crippen LogP contribution in [0.25, 0.3) is 0 Å². The van der Waals surface area contributed by atoms with E-state index in [-0.39, 0.29) is 11.3 Å². The van der Waals surface area contributed by atoms with E-state index < -0.39 is 0 Å². The molecule has 0 amide bonds. The van der Waals surface area contributed by atoms with E-state index in [1.807, 2.05) is 6.92 Å². The van der Waals surface area contributed by atoms with Gasteiger partial charge < -0.3 is 10.8 Å². The number of nitrogens with zero attached hydrogens (tertiary/aromatic N) is 2. The highest BCUT2D eigenvalue weighted by Crippen LogP contribution is 2.21. The number of aromatic hydroxyl groups is 1. The first-order valence-corrected chi connectivity index (χ1v) is 6.00. The van der Waals surface area contributed by atoms with Crippen LogP contribution in [0.4, 0.5) is 0 Å². The number of carbonyl (C=O) groups is 1. The van der Waals surface area contributed by atoms with E-state index in [2.05, 4.69) is 10.2 Å². The van der Waals surface area contributed by atoms with Crippen molar-refractivity contribution in [2.24, 2.45) is 15.9 Å². The van der Waals surface area contributed by atoms with Gasteiger partial charge in [-0.3, -0.25) is 4.79 Å². The normalized spacial score (nSPS) is 12.0. The average molecular weight is 251 g/mol. The Labute approximate surface area is 103 Å². The van der Waals surface area contributed by atoms with Crippen molar-refractivity contribution in [1.29, 1.82) is 0 Å². The molecule has 0 atom stereocenters. The molecule has 0 aliphatic heterocycles. The van der Waals surface area contributed by atoms with Crippen LogP contribution in [-0.4, -0.2) is 29.0 Å². The molecule has 0 aliphatic carbocycles. The van der Waals surface area contributed by atoms with E-state index in [9.17, 15) is 9.90 Å². The predicted molar refractivity (Wildman–Crippen MR) is 71.0 cm³/mol. The fourth-order valence-corrected chi connectivity index (χ4v) is 1.34. The fourth-order valence-electron chi connectivity index (χ4n) is 1.21. The second kappa shape index (κ2) is 6.05. The van der Waals surface area contributed by atoms with Gasteiger partial charge in [-0.15, -0.1) is 5.10 Å². The summed E-state index contributed by atoms with van der Waals surface area (Å²) in [7, 11) is 0. The molecule has 0 bridgehead atoms. The molecule has 1 rings (SSSR count). The minimum Gasteiger partial charge on any atom is -0.507 e. The Morgan fingerprint density at radius 2 is 2.12 bits per heavy atom. The summed E-state index contributed by atoms with van der Waals surface area (Å²) in [6, 6.07) is 3.30. The molecular weight excluding hydrogens is 238 g/mol. The first-order chi connectivity index (χ1) is 8.08. The maximum atomic E-state index is 10.7. The molecule has 0 saturated carbocycles. The molecule has 0 saturated heterocycles. The Bertz CT molecular complexity index is 484. The number of hydrogen-bond donors (Lipinski definition) is 2. The molecule has 0 heterocycles. The lowest BCUT2D eigenvalue weighted by atomic mass is 10.1. The van der Waals surface area contributed by atoms with Gasteiger partial charge >= 0.3 is 0 Å². The molecule has 90 valence electrons. The first kappa shape index (κ1) is 13.2. The third kappa shape index (κ3) is 3.60. The summed E-state index contributed by atoms with van der Waals surface area (Å²) < 4.78 is 0. The molecule has 1 aromatic rings. The minimum atomic E-state index is -0.104. The van der Waals surface area contributed by atoms with Crippen LogP contribution in [0.5, 0.6) is 5.75 Å². The van der Waals surface area contributed by atoms with Crippen molar-refractivity contribution in [2.75, 3.05) is 6.26 Å². The molecule has 0 radical (unpaired) electrons. The van der Waals surface area contributed by atoms with E-state index in [4.69, 9.17) is 5.73 Å². The van der Waals surface area contributed by atoms with E-state index in [0.29, 0.717) is 17.0 Å². The van der Waals surface area contributed by atoms with Crippen LogP contribution in [0, 0.1) is 6.92 Å². The standard InChI is InChI=1S/C11H13N3O2S/c1-7-3-8(5-13-14-11(12)17-2)10(16)9(4-7)6-15/h3-6,16H,1-2H3,(H2,12,14)/b13-5+. The third-order valence-electron chi connectivity index (χ3n) is 2.00. The molecule has 17 heavy (non-hydrogen) atoms. The Hall–Kier alpha value is -1.82. The zero-order valence-corrected chi connectivity index (χ0v) is 10.4. The lowest BCUT2D eigenvalue weighted by Gasteiger charge is -2.03. The Morgan fingerprint density at radius 1 is 1.47 bits per heavy atom. The van der Waals surface area contributed by atoms with Crippen molar-refractivity contribution in [3.63, 3.8) is 0 Å². The number of nitrogens with two attached hydrogens (primary N) is 1. The second-order valence-corrected chi connectivity index (χ2v) is 4.12. The van der Waals surface area contributed by atoms with E-state index >= 15 is 0 Å². The highest BCUT2D eigenvalue weighted by molar-refractivity contribution is 8.13. The highest BCUT2D eigenvalue weighted by atomic mass is 32.2. The number of aryl methyl sites for hydroxylation is 1. The predicted octanol–water partition coefficient (Wildman–Crippen LogP) is 1.52. The number of amidine groups is 1. The van der Waals surface area contributed by atoms with E-state index in [1.165, 1.54) is 18.0 Å². The number of benzene rings is 1. The lowest BCUT2D eigenvalue weighted by Crippen LogP contribution is -2.04. The quantitative estimate of drug-likeness (QED) is 0.369. The van der Waals surface area contributed by atoms with Gasteiger partial charge in [0.15, 0.2) is 11.5 Å². The van der Waals surface area contributed by atoms with Gasteiger partial charge in [0.05, 0.1) is 11.8 Å². The summed E-state index contributed by atoms with van der Waals surface area (Å²) in [5.74, 6) is -0.104. The molecule has 1 aromatic carbocycles. The van der Waals surface area contributed by atoms with Gasteiger partial charge in [-0.2, -0.15) is 5.10 Å². The molecule has 0 aliphatic rings. The van der Waals surface area contributed by atoms with Gasteiger partial charge in [0.2, 0.25) is 0 Å². The van der Waals surface area contributed by atoms with Gasteiger partial charge in [-0.25, -0.2) is 0 Å². The molecular formula is C11H13N3O2S. The van der Waals surface area contributed by atoms with Crippen LogP contribution in [0.1, 0.15) is 21.5 Å². The van der Waals surface area contributed by atoms with Crippen LogP contribution in [0.2, 0.25) is 0 Å². The molecule has 0 fully saturated rings. The number of rotatable bonds is 3. The largest absolute Gasteiger partial charge is 0.507 e. The fraction of sp³-hybridized carbons (Fsp3) is 0.182. The van der Waals surface area contributed by atoms with Crippen LogP contribution in [-0.2, 0) is 0 Å². The Balaban J connectivity index is 3.06. The molecule has 0 unspecified atom stereocenters. The maximum absolute atomic E-state index is 10.7. The molecule has 6 heteroatoms. The summed E-state index contributed by atoms with van der Waals surface area (Å²) in [5.41, 5.74) is 6.96. The zero-order chi connectivity index (χ0) is 12.8. The van der Waals surface area contributed by atoms with Crippen molar-refractivity contribution in [3.8, 4) is 5.75 Å². The second-order valence-electron chi connectivity index (χ2n) is 3.30. The zero-order valence-electron chi connectivity index (χ0n) is 9.54. The summed E-state index contributed by atoms with van der Waals surface area (Å²) in [6.07, 6.45) is 3.74. The monoisotopic (exact) mass is 251 g/mol. The van der Waals surface area contributed by atoms with E-state index in [1.54, 1.807) is 18.4 Å². The van der Waals surface area contributed by atoms with Crippen molar-refractivity contribution in [2.45, 2.75) is 6.92 Å². The highest BCUT2D eigenvalue weighted by Gasteiger charge is 2.05. The van der Waals surface area contributed by atoms with Gasteiger partial charge in [0.25, 0.3) is 0 Å². The number of carbonyl (C=O) groups excluding carboxylic acids is 1. The summed E-state index contributed by atoms with van der Waals surface area (Å²) in [6.45, 7) is 1.82. The number of aldehydes is 1. The lowest BCUT2D eigenvalue weighted by molar-refractivity contribution is 0.112. The SMILES string of the molecule is CSC(N)=N/N=C/c1cc(C)cc(C=O)c1O. The number of phenolic OH excluding ortho intramolecular Hbond substituents is 1. The number of hydrogen-bond acceptors (Lipinski definition) is 5. The van der Waals surface area contributed by atoms with Crippen molar-refractivity contribution >= 4 is 29.4 Å². The van der Waals surface area contributed by atoms with E-state index in [0.717, 1.165) is 5.56 Å². The molecule has 5 nitrogen and oxygen atoms in total. The van der Waals surface area contributed by atoms with Gasteiger partial charge in [-0.1, -0.05) is 11.8 Å². The van der Waals surface area contributed by atoms with Crippen LogP contribution < -0.4 is 5.73 Å². The smallest absolute Gasteiger partial charge is 0.180 e. The Morgan fingerprint density at radius 3 is 2.71 bits per heavy atom. The molecule has 3 N–H and O–H groups in total. The Kier molecular flexibility index (Phi) is 4.71. The molecule has 0 spiro atoms.